The van der Waals surface area contributed by atoms with Crippen LogP contribution in [0.15, 0.2) is 50.7 Å². The minimum absolute atomic E-state index is 0.0763. The monoisotopic (exact) mass is 333 g/mol. The van der Waals surface area contributed by atoms with E-state index in [4.69, 9.17) is 4.42 Å². The minimum atomic E-state index is -0.491. The lowest BCUT2D eigenvalue weighted by molar-refractivity contribution is -0.384. The van der Waals surface area contributed by atoms with Gasteiger partial charge >= 0.3 is 0 Å². The Labute approximate surface area is 132 Å². The summed E-state index contributed by atoms with van der Waals surface area (Å²) in [4.78, 5) is 22.6. The fourth-order valence-corrected chi connectivity index (χ4v) is 3.05. The van der Waals surface area contributed by atoms with Gasteiger partial charge in [0.05, 0.1) is 10.5 Å². The van der Waals surface area contributed by atoms with Gasteiger partial charge in [-0.25, -0.2) is 0 Å². The van der Waals surface area contributed by atoms with Crippen molar-refractivity contribution in [3.63, 3.8) is 0 Å². The van der Waals surface area contributed by atoms with Crippen molar-refractivity contribution in [2.45, 2.75) is 4.34 Å². The van der Waals surface area contributed by atoms with Gasteiger partial charge < -0.3 is 4.42 Å². The van der Waals surface area contributed by atoms with Crippen molar-refractivity contribution in [3.05, 3.63) is 57.8 Å². The fraction of sp³-hybridized carbons (Fsp3) is 0. The lowest BCUT2D eigenvalue weighted by atomic mass is 10.1. The average Bonchev–Trinajstić information content (AvgIpc) is 3.18. The number of aromatic nitrogens is 2. The van der Waals surface area contributed by atoms with Crippen LogP contribution in [0.1, 0.15) is 10.6 Å². The minimum Gasteiger partial charge on any atom is -0.452 e. The molecule has 3 aromatic rings. The van der Waals surface area contributed by atoms with Crippen molar-refractivity contribution in [1.82, 2.24) is 10.2 Å². The van der Waals surface area contributed by atoms with Gasteiger partial charge in [-0.3, -0.25) is 14.9 Å². The number of thioether (sulfide) groups is 1. The van der Waals surface area contributed by atoms with Crippen LogP contribution in [0.3, 0.4) is 0 Å². The molecule has 22 heavy (non-hydrogen) atoms. The van der Waals surface area contributed by atoms with Gasteiger partial charge in [-0.05, 0) is 30.0 Å². The van der Waals surface area contributed by atoms with Crippen LogP contribution in [0, 0.1) is 10.1 Å². The molecule has 0 spiro atoms. The molecule has 3 rings (SSSR count). The second-order valence-electron chi connectivity index (χ2n) is 4.03. The Morgan fingerprint density at radius 2 is 2.09 bits per heavy atom. The zero-order valence-electron chi connectivity index (χ0n) is 10.8. The van der Waals surface area contributed by atoms with E-state index in [2.05, 4.69) is 10.2 Å². The highest BCUT2D eigenvalue weighted by Crippen LogP contribution is 2.32. The number of carbonyl (C=O) groups is 1. The summed E-state index contributed by atoms with van der Waals surface area (Å²) >= 11 is 2.15. The quantitative estimate of drug-likeness (QED) is 0.408. The van der Waals surface area contributed by atoms with Crippen molar-refractivity contribution < 1.29 is 14.1 Å². The third-order valence-corrected chi connectivity index (χ3v) is 4.36. The lowest BCUT2D eigenvalue weighted by Gasteiger charge is -1.99. The maximum atomic E-state index is 12.0. The molecule has 0 saturated heterocycles. The Hall–Kier alpha value is -2.52. The van der Waals surface area contributed by atoms with E-state index in [-0.39, 0.29) is 22.3 Å². The first kappa shape index (κ1) is 14.4. The van der Waals surface area contributed by atoms with Crippen LogP contribution in [0.25, 0.3) is 11.3 Å². The molecule has 0 amide bonds. The zero-order valence-corrected chi connectivity index (χ0v) is 12.5. The summed E-state index contributed by atoms with van der Waals surface area (Å²) in [5.41, 5.74) is 1.77. The Morgan fingerprint density at radius 1 is 1.27 bits per heavy atom. The maximum Gasteiger partial charge on any atom is 0.280 e. The summed E-state index contributed by atoms with van der Waals surface area (Å²) in [6.07, 6.45) is 0. The number of para-hydroxylation sites is 1. The molecule has 0 N–H and O–H groups in total. The highest BCUT2D eigenvalue weighted by molar-refractivity contribution is 8.15. The Balaban J connectivity index is 1.88. The maximum absolute atomic E-state index is 12.0. The molecule has 0 bridgehead atoms. The molecule has 0 aliphatic heterocycles. The van der Waals surface area contributed by atoms with E-state index in [0.717, 1.165) is 11.8 Å². The molecule has 0 aliphatic carbocycles. The smallest absolute Gasteiger partial charge is 0.280 e. The van der Waals surface area contributed by atoms with E-state index in [9.17, 15) is 14.9 Å². The normalized spacial score (nSPS) is 10.5. The molecule has 0 fully saturated rings. The first-order chi connectivity index (χ1) is 10.6. The van der Waals surface area contributed by atoms with Crippen molar-refractivity contribution in [2.75, 3.05) is 0 Å². The van der Waals surface area contributed by atoms with Gasteiger partial charge in [0.1, 0.15) is 11.3 Å². The van der Waals surface area contributed by atoms with Crippen molar-refractivity contribution >= 4 is 33.9 Å². The molecule has 110 valence electrons. The molecule has 9 heteroatoms. The molecular weight excluding hydrogens is 326 g/mol. The van der Waals surface area contributed by atoms with Crippen molar-refractivity contribution in [2.24, 2.45) is 0 Å². The van der Waals surface area contributed by atoms with E-state index in [1.54, 1.807) is 18.2 Å². The fourth-order valence-electron chi connectivity index (χ4n) is 1.77. The second kappa shape index (κ2) is 6.08. The highest BCUT2D eigenvalue weighted by atomic mass is 32.2. The van der Waals surface area contributed by atoms with E-state index < -0.39 is 4.92 Å². The molecular formula is C13H7N3O4S2. The summed E-state index contributed by atoms with van der Waals surface area (Å²) in [7, 11) is 0. The van der Waals surface area contributed by atoms with Crippen LogP contribution < -0.4 is 0 Å². The van der Waals surface area contributed by atoms with E-state index in [0.29, 0.717) is 9.90 Å². The number of hydrogen-bond donors (Lipinski definition) is 0. The SMILES string of the molecule is O=C(Sc1nncs1)c1ccc(-c2ccccc2[N+](=O)[O-])o1. The van der Waals surface area contributed by atoms with Crippen molar-refractivity contribution in [1.29, 1.82) is 0 Å². The van der Waals surface area contributed by atoms with Gasteiger partial charge in [0.2, 0.25) is 0 Å². The van der Waals surface area contributed by atoms with Crippen LogP contribution >= 0.6 is 23.1 Å². The van der Waals surface area contributed by atoms with Crippen LogP contribution in [-0.2, 0) is 0 Å². The van der Waals surface area contributed by atoms with Gasteiger partial charge in [-0.15, -0.1) is 10.2 Å². The summed E-state index contributed by atoms with van der Waals surface area (Å²) in [6, 6.07) is 9.22. The molecule has 2 aromatic heterocycles. The molecule has 2 heterocycles. The van der Waals surface area contributed by atoms with Gasteiger partial charge in [0.25, 0.3) is 10.8 Å². The number of hydrogen-bond acceptors (Lipinski definition) is 8. The molecule has 0 aliphatic rings. The number of rotatable bonds is 4. The van der Waals surface area contributed by atoms with Crippen LogP contribution in [-0.4, -0.2) is 20.2 Å². The number of nitro benzene ring substituents is 1. The molecule has 0 radical (unpaired) electrons. The van der Waals surface area contributed by atoms with Crippen LogP contribution in [0.5, 0.6) is 0 Å². The number of carbonyl (C=O) groups excluding carboxylic acids is 1. The van der Waals surface area contributed by atoms with E-state index >= 15 is 0 Å². The first-order valence-corrected chi connectivity index (χ1v) is 7.67. The highest BCUT2D eigenvalue weighted by Gasteiger charge is 2.20. The topological polar surface area (TPSA) is 99.1 Å². The standard InChI is InChI=1S/C13H7N3O4S2/c17-12(22-13-15-14-7-21-13)11-6-5-10(20-11)8-3-1-2-4-9(8)16(18)19/h1-7H. The van der Waals surface area contributed by atoms with E-state index in [1.165, 1.54) is 35.0 Å². The Morgan fingerprint density at radius 3 is 2.82 bits per heavy atom. The molecule has 0 unspecified atom stereocenters. The summed E-state index contributed by atoms with van der Waals surface area (Å²) in [5, 5.41) is 18.1. The number of nitro groups is 1. The largest absolute Gasteiger partial charge is 0.452 e. The van der Waals surface area contributed by atoms with Gasteiger partial charge in [-0.2, -0.15) is 0 Å². The Kier molecular flexibility index (Phi) is 3.98. The van der Waals surface area contributed by atoms with Crippen molar-refractivity contribution in [3.8, 4) is 11.3 Å². The average molecular weight is 333 g/mol. The van der Waals surface area contributed by atoms with Crippen LogP contribution in [0.2, 0.25) is 0 Å². The molecule has 1 aromatic carbocycles. The predicted molar refractivity (Wildman–Crippen MR) is 80.9 cm³/mol. The number of nitrogens with zero attached hydrogens (tertiary/aromatic N) is 3. The Bertz CT molecular complexity index is 829. The zero-order chi connectivity index (χ0) is 15.5. The van der Waals surface area contributed by atoms with Crippen LogP contribution in [0.4, 0.5) is 5.69 Å². The first-order valence-electron chi connectivity index (χ1n) is 5.97. The van der Waals surface area contributed by atoms with Gasteiger partial charge in [0, 0.05) is 6.07 Å². The van der Waals surface area contributed by atoms with Gasteiger partial charge in [0.15, 0.2) is 10.1 Å². The third kappa shape index (κ3) is 2.90. The molecule has 0 atom stereocenters. The van der Waals surface area contributed by atoms with E-state index in [1.807, 2.05) is 0 Å². The third-order valence-electron chi connectivity index (χ3n) is 2.69. The number of furan rings is 1. The summed E-state index contributed by atoms with van der Waals surface area (Å²) < 4.78 is 5.96. The summed E-state index contributed by atoms with van der Waals surface area (Å²) in [6.45, 7) is 0. The molecule has 7 nitrogen and oxygen atoms in total. The molecule has 0 saturated carbocycles. The lowest BCUT2D eigenvalue weighted by Crippen LogP contribution is -1.91. The second-order valence-corrected chi connectivity index (χ2v) is 6.09. The number of benzene rings is 1. The predicted octanol–water partition coefficient (Wildman–Crippen LogP) is 3.64. The summed E-state index contributed by atoms with van der Waals surface area (Å²) in [5.74, 6) is 0.377. The van der Waals surface area contributed by atoms with Gasteiger partial charge in [-0.1, -0.05) is 23.5 Å².